The standard InChI is InChI=1S/C18H18INO3/c1-2-20(18(21)14-7-3-4-8-15(14)19)11-13-12-22-16-9-5-6-10-17(16)23-13/h3-10,13H,2,11-12H2,1H3. The van der Waals surface area contributed by atoms with Gasteiger partial charge in [-0.2, -0.15) is 0 Å². The SMILES string of the molecule is CCN(CC1COc2ccccc2O1)C(=O)c1ccccc1I. The van der Waals surface area contributed by atoms with Crippen LogP contribution in [-0.2, 0) is 0 Å². The highest BCUT2D eigenvalue weighted by Crippen LogP contribution is 2.31. The molecule has 1 aliphatic rings. The lowest BCUT2D eigenvalue weighted by Crippen LogP contribution is -2.43. The van der Waals surface area contributed by atoms with Crippen LogP contribution in [0.4, 0.5) is 0 Å². The van der Waals surface area contributed by atoms with E-state index in [4.69, 9.17) is 9.47 Å². The smallest absolute Gasteiger partial charge is 0.255 e. The molecule has 2 aromatic carbocycles. The molecule has 23 heavy (non-hydrogen) atoms. The molecule has 0 aromatic heterocycles. The molecule has 5 heteroatoms. The number of carbonyl (C=O) groups excluding carboxylic acids is 1. The van der Waals surface area contributed by atoms with Gasteiger partial charge in [-0.05, 0) is 53.8 Å². The molecule has 1 aliphatic heterocycles. The lowest BCUT2D eigenvalue weighted by atomic mass is 10.2. The van der Waals surface area contributed by atoms with Gasteiger partial charge in [-0.15, -0.1) is 0 Å². The zero-order valence-electron chi connectivity index (χ0n) is 12.9. The first kappa shape index (κ1) is 16.1. The predicted molar refractivity (Wildman–Crippen MR) is 97.1 cm³/mol. The summed E-state index contributed by atoms with van der Waals surface area (Å²) in [5, 5.41) is 0. The van der Waals surface area contributed by atoms with Gasteiger partial charge in [0.15, 0.2) is 17.6 Å². The Morgan fingerprint density at radius 3 is 2.61 bits per heavy atom. The van der Waals surface area contributed by atoms with Crippen LogP contribution in [0, 0.1) is 3.57 Å². The number of fused-ring (bicyclic) bond motifs is 1. The van der Waals surface area contributed by atoms with Gasteiger partial charge in [0.2, 0.25) is 0 Å². The Balaban J connectivity index is 1.71. The molecule has 0 fully saturated rings. The van der Waals surface area contributed by atoms with Crippen molar-refractivity contribution in [3.05, 3.63) is 57.7 Å². The molecule has 0 bridgehead atoms. The Labute approximate surface area is 149 Å². The molecule has 0 radical (unpaired) electrons. The molecule has 120 valence electrons. The molecule has 1 atom stereocenters. The van der Waals surface area contributed by atoms with Gasteiger partial charge in [-0.1, -0.05) is 24.3 Å². The molecule has 0 saturated heterocycles. The van der Waals surface area contributed by atoms with E-state index in [1.54, 1.807) is 4.90 Å². The van der Waals surface area contributed by atoms with Crippen molar-refractivity contribution in [3.8, 4) is 11.5 Å². The van der Waals surface area contributed by atoms with Gasteiger partial charge in [-0.3, -0.25) is 4.79 Å². The number of halogens is 1. The zero-order chi connectivity index (χ0) is 16.2. The first-order valence-corrected chi connectivity index (χ1v) is 8.69. The predicted octanol–water partition coefficient (Wildman–Crippen LogP) is 3.59. The third-order valence-corrected chi connectivity index (χ3v) is 4.71. The highest BCUT2D eigenvalue weighted by atomic mass is 127. The van der Waals surface area contributed by atoms with Gasteiger partial charge >= 0.3 is 0 Å². The van der Waals surface area contributed by atoms with E-state index in [0.717, 1.165) is 20.6 Å². The number of rotatable bonds is 4. The van der Waals surface area contributed by atoms with Crippen molar-refractivity contribution in [2.45, 2.75) is 13.0 Å². The molecule has 0 saturated carbocycles. The summed E-state index contributed by atoms with van der Waals surface area (Å²) in [5.41, 5.74) is 0.729. The van der Waals surface area contributed by atoms with Gasteiger partial charge < -0.3 is 14.4 Å². The highest BCUT2D eigenvalue weighted by molar-refractivity contribution is 14.1. The maximum absolute atomic E-state index is 12.7. The summed E-state index contributed by atoms with van der Waals surface area (Å²) in [5.74, 6) is 1.53. The van der Waals surface area contributed by atoms with E-state index in [9.17, 15) is 4.79 Å². The fourth-order valence-corrected chi connectivity index (χ4v) is 3.18. The van der Waals surface area contributed by atoms with Crippen LogP contribution in [0.15, 0.2) is 48.5 Å². The van der Waals surface area contributed by atoms with Crippen LogP contribution >= 0.6 is 22.6 Å². The van der Waals surface area contributed by atoms with Gasteiger partial charge in [-0.25, -0.2) is 0 Å². The van der Waals surface area contributed by atoms with Crippen molar-refractivity contribution < 1.29 is 14.3 Å². The third-order valence-electron chi connectivity index (χ3n) is 3.76. The van der Waals surface area contributed by atoms with Crippen LogP contribution in [0.1, 0.15) is 17.3 Å². The fraction of sp³-hybridized carbons (Fsp3) is 0.278. The van der Waals surface area contributed by atoms with Gasteiger partial charge in [0.1, 0.15) is 6.61 Å². The molecular weight excluding hydrogens is 405 g/mol. The zero-order valence-corrected chi connectivity index (χ0v) is 15.0. The number of amides is 1. The monoisotopic (exact) mass is 423 g/mol. The Morgan fingerprint density at radius 1 is 1.17 bits per heavy atom. The normalized spacial score (nSPS) is 16.0. The van der Waals surface area contributed by atoms with Crippen molar-refractivity contribution in [2.24, 2.45) is 0 Å². The van der Waals surface area contributed by atoms with Gasteiger partial charge in [0.05, 0.1) is 12.1 Å². The van der Waals surface area contributed by atoms with E-state index in [2.05, 4.69) is 22.6 Å². The number of likely N-dealkylation sites (N-methyl/N-ethyl adjacent to an activating group) is 1. The van der Waals surface area contributed by atoms with E-state index < -0.39 is 0 Å². The second kappa shape index (κ2) is 7.21. The molecule has 0 aliphatic carbocycles. The fourth-order valence-electron chi connectivity index (χ4n) is 2.56. The number of benzene rings is 2. The minimum absolute atomic E-state index is 0.0277. The number of para-hydroxylation sites is 2. The average molecular weight is 423 g/mol. The molecule has 2 aromatic rings. The molecule has 0 N–H and O–H groups in total. The Kier molecular flexibility index (Phi) is 5.05. The summed E-state index contributed by atoms with van der Waals surface area (Å²) in [4.78, 5) is 14.5. The van der Waals surface area contributed by atoms with E-state index in [1.807, 2.05) is 55.5 Å². The summed E-state index contributed by atoms with van der Waals surface area (Å²) < 4.78 is 12.6. The Hall–Kier alpha value is -1.76. The summed E-state index contributed by atoms with van der Waals surface area (Å²) in [6.07, 6.45) is -0.157. The van der Waals surface area contributed by atoms with Crippen molar-refractivity contribution in [3.63, 3.8) is 0 Å². The number of nitrogens with zero attached hydrogens (tertiary/aromatic N) is 1. The number of ether oxygens (including phenoxy) is 2. The Bertz CT molecular complexity index is 704. The molecule has 3 rings (SSSR count). The first-order chi connectivity index (χ1) is 11.2. The lowest BCUT2D eigenvalue weighted by molar-refractivity contribution is 0.0474. The molecule has 1 amide bonds. The van der Waals surface area contributed by atoms with E-state index in [0.29, 0.717) is 19.7 Å². The van der Waals surface area contributed by atoms with Gasteiger partial charge in [0, 0.05) is 10.1 Å². The molecule has 0 spiro atoms. The van der Waals surface area contributed by atoms with Crippen LogP contribution in [0.25, 0.3) is 0 Å². The summed E-state index contributed by atoms with van der Waals surface area (Å²) in [6.45, 7) is 3.57. The minimum Gasteiger partial charge on any atom is -0.486 e. The van der Waals surface area contributed by atoms with Crippen LogP contribution in [0.3, 0.4) is 0 Å². The quantitative estimate of drug-likeness (QED) is 0.706. The number of hydrogen-bond donors (Lipinski definition) is 0. The van der Waals surface area contributed by atoms with E-state index in [1.165, 1.54) is 0 Å². The summed E-state index contributed by atoms with van der Waals surface area (Å²) in [7, 11) is 0. The summed E-state index contributed by atoms with van der Waals surface area (Å²) in [6, 6.07) is 15.2. The lowest BCUT2D eigenvalue weighted by Gasteiger charge is -2.31. The topological polar surface area (TPSA) is 38.8 Å². The first-order valence-electron chi connectivity index (χ1n) is 7.61. The second-order valence-electron chi connectivity index (χ2n) is 5.32. The van der Waals surface area contributed by atoms with E-state index >= 15 is 0 Å². The van der Waals surface area contributed by atoms with Crippen molar-refractivity contribution >= 4 is 28.5 Å². The van der Waals surface area contributed by atoms with Crippen LogP contribution in [-0.4, -0.2) is 36.6 Å². The van der Waals surface area contributed by atoms with E-state index in [-0.39, 0.29) is 12.0 Å². The maximum Gasteiger partial charge on any atom is 0.255 e. The minimum atomic E-state index is -0.157. The average Bonchev–Trinajstić information content (AvgIpc) is 2.59. The van der Waals surface area contributed by atoms with Crippen LogP contribution in [0.5, 0.6) is 11.5 Å². The van der Waals surface area contributed by atoms with Crippen molar-refractivity contribution in [1.29, 1.82) is 0 Å². The summed E-state index contributed by atoms with van der Waals surface area (Å²) >= 11 is 2.19. The van der Waals surface area contributed by atoms with Crippen LogP contribution < -0.4 is 9.47 Å². The molecule has 4 nitrogen and oxygen atoms in total. The number of hydrogen-bond acceptors (Lipinski definition) is 3. The second-order valence-corrected chi connectivity index (χ2v) is 6.48. The molecule has 1 heterocycles. The largest absolute Gasteiger partial charge is 0.486 e. The molecule has 1 unspecified atom stereocenters. The Morgan fingerprint density at radius 2 is 1.87 bits per heavy atom. The van der Waals surface area contributed by atoms with Crippen molar-refractivity contribution in [1.82, 2.24) is 4.90 Å². The van der Waals surface area contributed by atoms with Crippen molar-refractivity contribution in [2.75, 3.05) is 19.7 Å². The third kappa shape index (κ3) is 3.60. The van der Waals surface area contributed by atoms with Gasteiger partial charge in [0.25, 0.3) is 5.91 Å². The maximum atomic E-state index is 12.7. The highest BCUT2D eigenvalue weighted by Gasteiger charge is 2.25. The number of carbonyl (C=O) groups is 1. The van der Waals surface area contributed by atoms with Crippen LogP contribution in [0.2, 0.25) is 0 Å². The molecular formula is C18H18INO3.